The molecule has 0 spiro atoms. The standard InChI is InChI=1S/C27H31N5O3/c1-17(2)35-27(33)31-19-9-7-18(8-10-19)26-25(28)22-12-11-21(34-16-24-29-13-4-14-30-24)15-23(22)32(26)20-5-3-6-20/h4,7-15,17,20,25-26H,3,5-6,16,28H2,1-2H3,(H,31,33). The molecule has 2 aliphatic rings. The Morgan fingerprint density at radius 1 is 1.14 bits per heavy atom. The van der Waals surface area contributed by atoms with E-state index >= 15 is 0 Å². The number of nitrogens with one attached hydrogen (secondary N) is 1. The summed E-state index contributed by atoms with van der Waals surface area (Å²) in [5, 5.41) is 2.78. The van der Waals surface area contributed by atoms with Crippen LogP contribution >= 0.6 is 0 Å². The minimum Gasteiger partial charge on any atom is -0.486 e. The molecule has 3 N–H and O–H groups in total. The summed E-state index contributed by atoms with van der Waals surface area (Å²) < 4.78 is 11.2. The van der Waals surface area contributed by atoms with Crippen LogP contribution in [0.2, 0.25) is 0 Å². The van der Waals surface area contributed by atoms with Crippen molar-refractivity contribution in [1.29, 1.82) is 0 Å². The monoisotopic (exact) mass is 473 g/mol. The number of carbonyl (C=O) groups excluding carboxylic acids is 1. The predicted octanol–water partition coefficient (Wildman–Crippen LogP) is 5.13. The van der Waals surface area contributed by atoms with Crippen molar-refractivity contribution in [3.63, 3.8) is 0 Å². The summed E-state index contributed by atoms with van der Waals surface area (Å²) in [5.74, 6) is 1.42. The van der Waals surface area contributed by atoms with E-state index < -0.39 is 6.09 Å². The number of fused-ring (bicyclic) bond motifs is 1. The van der Waals surface area contributed by atoms with Crippen molar-refractivity contribution in [3.8, 4) is 5.75 Å². The summed E-state index contributed by atoms with van der Waals surface area (Å²) in [5.41, 5.74) is 10.9. The first kappa shape index (κ1) is 23.1. The molecule has 0 saturated heterocycles. The number of benzene rings is 2. The first-order valence-electron chi connectivity index (χ1n) is 12.1. The lowest BCUT2D eigenvalue weighted by Crippen LogP contribution is -2.42. The third-order valence-electron chi connectivity index (χ3n) is 6.58. The van der Waals surface area contributed by atoms with Crippen LogP contribution in [0.1, 0.15) is 62.1 Å². The largest absolute Gasteiger partial charge is 0.486 e. The van der Waals surface area contributed by atoms with Gasteiger partial charge in [-0.1, -0.05) is 18.2 Å². The summed E-state index contributed by atoms with van der Waals surface area (Å²) in [6.45, 7) is 3.96. The van der Waals surface area contributed by atoms with Crippen molar-refractivity contribution in [3.05, 3.63) is 77.9 Å². The van der Waals surface area contributed by atoms with Crippen molar-refractivity contribution in [2.24, 2.45) is 5.73 Å². The van der Waals surface area contributed by atoms with Gasteiger partial charge in [-0.15, -0.1) is 0 Å². The van der Waals surface area contributed by atoms with Crippen LogP contribution in [0.4, 0.5) is 16.2 Å². The van der Waals surface area contributed by atoms with Gasteiger partial charge in [0, 0.05) is 35.9 Å². The molecule has 1 aliphatic heterocycles. The van der Waals surface area contributed by atoms with E-state index in [1.807, 2.05) is 44.2 Å². The van der Waals surface area contributed by atoms with Crippen LogP contribution in [0, 0.1) is 0 Å². The molecule has 35 heavy (non-hydrogen) atoms. The molecule has 1 aliphatic carbocycles. The maximum absolute atomic E-state index is 11.9. The Kier molecular flexibility index (Phi) is 6.55. The van der Waals surface area contributed by atoms with Gasteiger partial charge in [-0.05, 0) is 68.5 Å². The molecule has 3 aromatic rings. The van der Waals surface area contributed by atoms with Crippen LogP contribution < -0.4 is 20.7 Å². The molecule has 1 fully saturated rings. The number of nitrogens with two attached hydrogens (primary N) is 1. The van der Waals surface area contributed by atoms with Crippen LogP contribution in [0.3, 0.4) is 0 Å². The molecule has 1 saturated carbocycles. The molecular formula is C27H31N5O3. The smallest absolute Gasteiger partial charge is 0.411 e. The highest BCUT2D eigenvalue weighted by Gasteiger charge is 2.42. The molecule has 182 valence electrons. The minimum atomic E-state index is -0.456. The summed E-state index contributed by atoms with van der Waals surface area (Å²) >= 11 is 0. The zero-order valence-electron chi connectivity index (χ0n) is 20.1. The van der Waals surface area contributed by atoms with Crippen molar-refractivity contribution in [2.75, 3.05) is 10.2 Å². The minimum absolute atomic E-state index is 0.0136. The van der Waals surface area contributed by atoms with E-state index in [1.54, 1.807) is 18.5 Å². The highest BCUT2D eigenvalue weighted by Crippen LogP contribution is 2.51. The van der Waals surface area contributed by atoms with Gasteiger partial charge in [-0.2, -0.15) is 0 Å². The van der Waals surface area contributed by atoms with E-state index in [9.17, 15) is 4.79 Å². The van der Waals surface area contributed by atoms with Crippen molar-refractivity contribution >= 4 is 17.5 Å². The van der Waals surface area contributed by atoms with Gasteiger partial charge in [0.15, 0.2) is 5.82 Å². The molecule has 8 nitrogen and oxygen atoms in total. The first-order valence-corrected chi connectivity index (χ1v) is 12.1. The van der Waals surface area contributed by atoms with E-state index in [1.165, 1.54) is 6.42 Å². The van der Waals surface area contributed by atoms with Gasteiger partial charge >= 0.3 is 6.09 Å². The van der Waals surface area contributed by atoms with E-state index in [-0.39, 0.29) is 18.2 Å². The number of carbonyl (C=O) groups is 1. The van der Waals surface area contributed by atoms with E-state index in [0.29, 0.717) is 24.2 Å². The van der Waals surface area contributed by atoms with Crippen LogP contribution in [-0.4, -0.2) is 28.2 Å². The Balaban J connectivity index is 1.37. The SMILES string of the molecule is CC(C)OC(=O)Nc1ccc(C2C(N)c3ccc(OCc4ncccn4)cc3N2C2CCC2)cc1. The van der Waals surface area contributed by atoms with Gasteiger partial charge in [0.1, 0.15) is 12.4 Å². The quantitative estimate of drug-likeness (QED) is 0.491. The van der Waals surface area contributed by atoms with Gasteiger partial charge in [-0.3, -0.25) is 5.32 Å². The lowest BCUT2D eigenvalue weighted by Gasteiger charge is -2.41. The average Bonchev–Trinajstić information content (AvgIpc) is 3.09. The Morgan fingerprint density at radius 3 is 2.54 bits per heavy atom. The lowest BCUT2D eigenvalue weighted by molar-refractivity contribution is 0.130. The summed E-state index contributed by atoms with van der Waals surface area (Å²) in [4.78, 5) is 22.9. The number of amides is 1. The van der Waals surface area contributed by atoms with Crippen molar-refractivity contribution < 1.29 is 14.3 Å². The number of aromatic nitrogens is 2. The predicted molar refractivity (Wildman–Crippen MR) is 134 cm³/mol. The number of hydrogen-bond donors (Lipinski definition) is 2. The van der Waals surface area contributed by atoms with Crippen LogP contribution in [0.15, 0.2) is 60.9 Å². The number of anilines is 2. The van der Waals surface area contributed by atoms with Crippen molar-refractivity contribution in [2.45, 2.75) is 63.9 Å². The molecule has 0 radical (unpaired) electrons. The van der Waals surface area contributed by atoms with E-state index in [2.05, 4.69) is 32.3 Å². The molecule has 5 rings (SSSR count). The Bertz CT molecular complexity index is 1170. The van der Waals surface area contributed by atoms with Gasteiger partial charge in [0.05, 0.1) is 18.2 Å². The second-order valence-electron chi connectivity index (χ2n) is 9.34. The fraction of sp³-hybridized carbons (Fsp3) is 0.370. The Morgan fingerprint density at radius 2 is 1.89 bits per heavy atom. The molecule has 1 aromatic heterocycles. The van der Waals surface area contributed by atoms with Crippen LogP contribution in [0.25, 0.3) is 0 Å². The fourth-order valence-electron chi connectivity index (χ4n) is 4.75. The molecule has 1 amide bonds. The molecule has 2 aromatic carbocycles. The lowest BCUT2D eigenvalue weighted by atomic mass is 9.89. The maximum atomic E-state index is 11.9. The molecular weight excluding hydrogens is 442 g/mol. The zero-order valence-corrected chi connectivity index (χ0v) is 20.1. The number of nitrogens with zero attached hydrogens (tertiary/aromatic N) is 3. The highest BCUT2D eigenvalue weighted by molar-refractivity contribution is 5.84. The van der Waals surface area contributed by atoms with E-state index in [0.717, 1.165) is 35.4 Å². The fourth-order valence-corrected chi connectivity index (χ4v) is 4.75. The van der Waals surface area contributed by atoms with Crippen LogP contribution in [-0.2, 0) is 11.3 Å². The van der Waals surface area contributed by atoms with Gasteiger partial charge in [0.2, 0.25) is 0 Å². The third-order valence-corrected chi connectivity index (χ3v) is 6.58. The average molecular weight is 474 g/mol. The molecule has 2 heterocycles. The maximum Gasteiger partial charge on any atom is 0.411 e. The van der Waals surface area contributed by atoms with Crippen molar-refractivity contribution in [1.82, 2.24) is 9.97 Å². The molecule has 0 bridgehead atoms. The second kappa shape index (κ2) is 9.92. The highest BCUT2D eigenvalue weighted by atomic mass is 16.6. The summed E-state index contributed by atoms with van der Waals surface area (Å²) in [7, 11) is 0. The van der Waals surface area contributed by atoms with E-state index in [4.69, 9.17) is 15.2 Å². The molecule has 2 atom stereocenters. The summed E-state index contributed by atoms with van der Waals surface area (Å²) in [6, 6.07) is 16.1. The van der Waals surface area contributed by atoms with Crippen LogP contribution in [0.5, 0.6) is 5.75 Å². The molecule has 8 heteroatoms. The first-order chi connectivity index (χ1) is 17.0. The zero-order chi connectivity index (χ0) is 24.4. The van der Waals surface area contributed by atoms with Gasteiger partial charge < -0.3 is 20.1 Å². The normalized spacial score (nSPS) is 19.3. The second-order valence-corrected chi connectivity index (χ2v) is 9.34. The number of ether oxygens (including phenoxy) is 2. The van der Waals surface area contributed by atoms with Gasteiger partial charge in [-0.25, -0.2) is 14.8 Å². The number of hydrogen-bond acceptors (Lipinski definition) is 7. The number of rotatable bonds is 7. The van der Waals surface area contributed by atoms with Gasteiger partial charge in [0.25, 0.3) is 0 Å². The Hall–Kier alpha value is -3.65. The topological polar surface area (TPSA) is 103 Å². The molecule has 2 unspecified atom stereocenters. The summed E-state index contributed by atoms with van der Waals surface area (Å²) in [6.07, 6.45) is 6.31. The third kappa shape index (κ3) is 4.93. The Labute approximate surface area is 205 Å².